The molecule has 4 heteroatoms. The van der Waals surface area contributed by atoms with Crippen LogP contribution in [0.4, 0.5) is 4.39 Å². The lowest BCUT2D eigenvalue weighted by molar-refractivity contribution is 0.103. The molecule has 86 valence electrons. The zero-order valence-corrected chi connectivity index (χ0v) is 9.83. The van der Waals surface area contributed by atoms with Gasteiger partial charge in [-0.1, -0.05) is 11.6 Å². The lowest BCUT2D eigenvalue weighted by Gasteiger charge is -2.03. The van der Waals surface area contributed by atoms with Gasteiger partial charge in [0.2, 0.25) is 0 Å². The summed E-state index contributed by atoms with van der Waals surface area (Å²) in [6, 6.07) is 5.57. The number of pyridine rings is 1. The predicted octanol–water partition coefficient (Wildman–Crippen LogP) is 3.41. The highest BCUT2D eigenvalue weighted by Crippen LogP contribution is 2.18. The van der Waals surface area contributed by atoms with Gasteiger partial charge in [0.05, 0.1) is 5.56 Å². The average Bonchev–Trinajstić information content (AvgIpc) is 2.31. The molecule has 1 aromatic heterocycles. The molecule has 0 amide bonds. The first-order valence-electron chi connectivity index (χ1n) is 4.99. The second kappa shape index (κ2) is 4.63. The topological polar surface area (TPSA) is 30.0 Å². The van der Waals surface area contributed by atoms with Crippen molar-refractivity contribution >= 4 is 17.4 Å². The molecule has 1 aromatic carbocycles. The first kappa shape index (κ1) is 11.7. The van der Waals surface area contributed by atoms with Crippen LogP contribution >= 0.6 is 11.6 Å². The van der Waals surface area contributed by atoms with Crippen molar-refractivity contribution in [3.05, 3.63) is 64.2 Å². The molecular formula is C13H9ClFNO. The van der Waals surface area contributed by atoms with Crippen LogP contribution in [-0.2, 0) is 0 Å². The largest absolute Gasteiger partial charge is 0.288 e. The third kappa shape index (κ3) is 2.50. The lowest BCUT2D eigenvalue weighted by atomic mass is 10.0. The molecular weight excluding hydrogens is 241 g/mol. The molecule has 0 saturated carbocycles. The number of ketones is 1. The van der Waals surface area contributed by atoms with E-state index in [1.54, 1.807) is 12.3 Å². The van der Waals surface area contributed by atoms with Crippen LogP contribution in [-0.4, -0.2) is 10.8 Å². The zero-order valence-electron chi connectivity index (χ0n) is 9.08. The number of benzene rings is 1. The summed E-state index contributed by atoms with van der Waals surface area (Å²) in [5.41, 5.74) is 1.16. The maximum absolute atomic E-state index is 13.5. The summed E-state index contributed by atoms with van der Waals surface area (Å²) in [6.07, 6.45) is 3.04. The number of hydrogen-bond donors (Lipinski definition) is 0. The summed E-state index contributed by atoms with van der Waals surface area (Å²) in [5, 5.41) is 0.329. The van der Waals surface area contributed by atoms with Crippen molar-refractivity contribution in [2.75, 3.05) is 0 Å². The van der Waals surface area contributed by atoms with Gasteiger partial charge in [0.25, 0.3) is 0 Å². The molecule has 17 heavy (non-hydrogen) atoms. The molecule has 2 rings (SSSR count). The summed E-state index contributed by atoms with van der Waals surface area (Å²) in [6.45, 7) is 1.82. The van der Waals surface area contributed by atoms with Crippen molar-refractivity contribution in [2.45, 2.75) is 6.92 Å². The molecule has 0 saturated heterocycles. The molecule has 2 aromatic rings. The van der Waals surface area contributed by atoms with E-state index in [9.17, 15) is 9.18 Å². The first-order valence-corrected chi connectivity index (χ1v) is 5.37. The Labute approximate surface area is 103 Å². The smallest absolute Gasteiger partial charge is 0.197 e. The molecule has 0 spiro atoms. The van der Waals surface area contributed by atoms with E-state index in [0.29, 0.717) is 10.6 Å². The minimum absolute atomic E-state index is 0.0371. The second-order valence-electron chi connectivity index (χ2n) is 3.70. The van der Waals surface area contributed by atoms with E-state index < -0.39 is 11.6 Å². The Bertz CT molecular complexity index is 583. The van der Waals surface area contributed by atoms with Crippen molar-refractivity contribution in [3.8, 4) is 0 Å². The second-order valence-corrected chi connectivity index (χ2v) is 4.14. The van der Waals surface area contributed by atoms with Gasteiger partial charge in [-0.3, -0.25) is 9.78 Å². The molecule has 0 radical (unpaired) electrons. The van der Waals surface area contributed by atoms with Crippen molar-refractivity contribution in [1.82, 2.24) is 4.98 Å². The van der Waals surface area contributed by atoms with Gasteiger partial charge < -0.3 is 0 Å². The van der Waals surface area contributed by atoms with E-state index in [-0.39, 0.29) is 5.56 Å². The Morgan fingerprint density at radius 1 is 1.29 bits per heavy atom. The molecule has 0 aliphatic heterocycles. The van der Waals surface area contributed by atoms with Crippen LogP contribution in [0.2, 0.25) is 5.02 Å². The van der Waals surface area contributed by atoms with Gasteiger partial charge >= 0.3 is 0 Å². The van der Waals surface area contributed by atoms with Crippen LogP contribution in [0, 0.1) is 12.7 Å². The van der Waals surface area contributed by atoms with Crippen molar-refractivity contribution < 1.29 is 9.18 Å². The summed E-state index contributed by atoms with van der Waals surface area (Å²) < 4.78 is 13.5. The van der Waals surface area contributed by atoms with Crippen LogP contribution in [0.5, 0.6) is 0 Å². The highest BCUT2D eigenvalue weighted by molar-refractivity contribution is 6.31. The number of halogens is 2. The van der Waals surface area contributed by atoms with E-state index in [1.807, 2.05) is 6.92 Å². The minimum atomic E-state index is -0.582. The number of hydrogen-bond acceptors (Lipinski definition) is 2. The molecule has 0 aliphatic carbocycles. The fourth-order valence-electron chi connectivity index (χ4n) is 1.51. The highest BCUT2D eigenvalue weighted by atomic mass is 35.5. The molecule has 0 fully saturated rings. The van der Waals surface area contributed by atoms with Crippen LogP contribution in [0.1, 0.15) is 21.5 Å². The highest BCUT2D eigenvalue weighted by Gasteiger charge is 2.14. The van der Waals surface area contributed by atoms with Gasteiger partial charge in [0.15, 0.2) is 5.78 Å². The maximum atomic E-state index is 13.5. The zero-order chi connectivity index (χ0) is 12.4. The van der Waals surface area contributed by atoms with Crippen molar-refractivity contribution in [1.29, 1.82) is 0 Å². The number of rotatable bonds is 2. The summed E-state index contributed by atoms with van der Waals surface area (Å²) in [4.78, 5) is 15.9. The molecule has 0 unspecified atom stereocenters. The van der Waals surface area contributed by atoms with E-state index in [2.05, 4.69) is 4.98 Å². The normalized spacial score (nSPS) is 10.3. The number of nitrogens with zero attached hydrogens (tertiary/aromatic N) is 1. The lowest BCUT2D eigenvalue weighted by Crippen LogP contribution is -2.05. The van der Waals surface area contributed by atoms with E-state index >= 15 is 0 Å². The van der Waals surface area contributed by atoms with Gasteiger partial charge in [-0.25, -0.2) is 4.39 Å². The molecule has 0 N–H and O–H groups in total. The standard InChI is InChI=1S/C13H9ClFNO/c1-8-4-9(7-16-6-8)13(17)11-5-10(14)2-3-12(11)15/h2-7H,1H3. The number of carbonyl (C=O) groups excluding carboxylic acids is 1. The minimum Gasteiger partial charge on any atom is -0.288 e. The Kier molecular flexibility index (Phi) is 3.20. The van der Waals surface area contributed by atoms with Crippen molar-refractivity contribution in [3.63, 3.8) is 0 Å². The van der Waals surface area contributed by atoms with Gasteiger partial charge in [0.1, 0.15) is 5.82 Å². The van der Waals surface area contributed by atoms with E-state index in [0.717, 1.165) is 5.56 Å². The van der Waals surface area contributed by atoms with Crippen LogP contribution < -0.4 is 0 Å². The number of aromatic nitrogens is 1. The molecule has 1 heterocycles. The van der Waals surface area contributed by atoms with Gasteiger partial charge in [0, 0.05) is 23.0 Å². The SMILES string of the molecule is Cc1cncc(C(=O)c2cc(Cl)ccc2F)c1. The quantitative estimate of drug-likeness (QED) is 0.764. The number of aryl methyl sites for hydroxylation is 1. The predicted molar refractivity (Wildman–Crippen MR) is 63.8 cm³/mol. The van der Waals surface area contributed by atoms with Crippen LogP contribution in [0.15, 0.2) is 36.7 Å². The van der Waals surface area contributed by atoms with Crippen LogP contribution in [0.25, 0.3) is 0 Å². The monoisotopic (exact) mass is 249 g/mol. The fourth-order valence-corrected chi connectivity index (χ4v) is 1.68. The van der Waals surface area contributed by atoms with Crippen molar-refractivity contribution in [2.24, 2.45) is 0 Å². The third-order valence-corrected chi connectivity index (χ3v) is 2.55. The molecule has 2 nitrogen and oxygen atoms in total. The van der Waals surface area contributed by atoms with E-state index in [1.165, 1.54) is 24.4 Å². The summed E-state index contributed by atoms with van der Waals surface area (Å²) in [7, 11) is 0. The van der Waals surface area contributed by atoms with E-state index in [4.69, 9.17) is 11.6 Å². The molecule has 0 aliphatic rings. The Hall–Kier alpha value is -1.74. The molecule has 0 atom stereocenters. The maximum Gasteiger partial charge on any atom is 0.197 e. The summed E-state index contributed by atoms with van der Waals surface area (Å²) in [5.74, 6) is -0.998. The van der Waals surface area contributed by atoms with Gasteiger partial charge in [-0.05, 0) is 36.8 Å². The third-order valence-electron chi connectivity index (χ3n) is 2.31. The fraction of sp³-hybridized carbons (Fsp3) is 0.0769. The Morgan fingerprint density at radius 3 is 2.76 bits per heavy atom. The van der Waals surface area contributed by atoms with Crippen LogP contribution in [0.3, 0.4) is 0 Å². The average molecular weight is 250 g/mol. The van der Waals surface area contributed by atoms with Gasteiger partial charge in [-0.15, -0.1) is 0 Å². The number of carbonyl (C=O) groups is 1. The molecule has 0 bridgehead atoms. The Morgan fingerprint density at radius 2 is 2.06 bits per heavy atom. The summed E-state index contributed by atoms with van der Waals surface area (Å²) >= 11 is 5.75. The Balaban J connectivity index is 2.47. The first-order chi connectivity index (χ1) is 8.08. The van der Waals surface area contributed by atoms with Gasteiger partial charge in [-0.2, -0.15) is 0 Å².